The first kappa shape index (κ1) is 8.02. The lowest BCUT2D eigenvalue weighted by Crippen LogP contribution is -2.57. The molecule has 1 rings (SSSR count). The van der Waals surface area contributed by atoms with Crippen LogP contribution in [0.5, 0.6) is 0 Å². The molecule has 1 saturated heterocycles. The molecule has 0 aromatic rings. The van der Waals surface area contributed by atoms with Crippen LogP contribution in [0.2, 0.25) is 0 Å². The van der Waals surface area contributed by atoms with Crippen molar-refractivity contribution >= 4 is 0 Å². The van der Waals surface area contributed by atoms with Crippen LogP contribution in [0, 0.1) is 0 Å². The van der Waals surface area contributed by atoms with Crippen molar-refractivity contribution in [2.24, 2.45) is 0 Å². The van der Waals surface area contributed by atoms with Crippen molar-refractivity contribution in [3.05, 3.63) is 0 Å². The van der Waals surface area contributed by atoms with Gasteiger partial charge in [-0.1, -0.05) is 0 Å². The van der Waals surface area contributed by atoms with Crippen molar-refractivity contribution in [1.29, 1.82) is 0 Å². The largest absolute Gasteiger partial charge is 0.312 e. The van der Waals surface area contributed by atoms with Crippen molar-refractivity contribution in [2.45, 2.75) is 20.3 Å². The number of hydrogen-bond acceptors (Lipinski definition) is 1. The third kappa shape index (κ3) is 1.50. The molecule has 0 bridgehead atoms. The molecule has 1 fully saturated rings. The number of nitrogens with one attached hydrogen (secondary N) is 1. The van der Waals surface area contributed by atoms with Crippen molar-refractivity contribution in [3.63, 3.8) is 0 Å². The van der Waals surface area contributed by atoms with Gasteiger partial charge in [0.05, 0.1) is 19.6 Å². The predicted molar refractivity (Wildman–Crippen MR) is 43.7 cm³/mol. The quantitative estimate of drug-likeness (QED) is 0.564. The maximum Gasteiger partial charge on any atom is 0.132 e. The summed E-state index contributed by atoms with van der Waals surface area (Å²) in [6.45, 7) is 10.9. The fourth-order valence-corrected chi connectivity index (χ4v) is 1.70. The number of rotatable bonds is 2. The van der Waals surface area contributed by atoms with Crippen molar-refractivity contribution in [3.8, 4) is 0 Å². The van der Waals surface area contributed by atoms with Gasteiger partial charge >= 0.3 is 0 Å². The zero-order chi connectivity index (χ0) is 7.45. The topological polar surface area (TPSA) is 12.0 Å². The lowest BCUT2D eigenvalue weighted by atomic mass is 10.2. The third-order valence-electron chi connectivity index (χ3n) is 2.77. The Hall–Kier alpha value is -0.0800. The van der Waals surface area contributed by atoms with Crippen LogP contribution in [0.25, 0.3) is 0 Å². The standard InChI is InChI=1S/C8H19N2/c1-3-10(4-2)7-5-6-9-8-10/h9H,3-8H2,1-2H3/q+1. The van der Waals surface area contributed by atoms with E-state index in [1.807, 2.05) is 0 Å². The van der Waals surface area contributed by atoms with Gasteiger partial charge in [-0.3, -0.25) is 5.32 Å². The lowest BCUT2D eigenvalue weighted by molar-refractivity contribution is -0.931. The summed E-state index contributed by atoms with van der Waals surface area (Å²) in [5, 5.41) is 3.45. The van der Waals surface area contributed by atoms with Gasteiger partial charge in [0.1, 0.15) is 6.67 Å². The molecule has 0 saturated carbocycles. The smallest absolute Gasteiger partial charge is 0.132 e. The van der Waals surface area contributed by atoms with Gasteiger partial charge in [0.2, 0.25) is 0 Å². The van der Waals surface area contributed by atoms with E-state index in [1.54, 1.807) is 0 Å². The molecular weight excluding hydrogens is 124 g/mol. The molecule has 0 atom stereocenters. The van der Waals surface area contributed by atoms with E-state index in [0.29, 0.717) is 0 Å². The van der Waals surface area contributed by atoms with Crippen LogP contribution in [0.4, 0.5) is 0 Å². The number of hydrogen-bond donors (Lipinski definition) is 1. The fraction of sp³-hybridized carbons (Fsp3) is 1.00. The lowest BCUT2D eigenvalue weighted by Gasteiger charge is -2.40. The molecule has 0 radical (unpaired) electrons. The average Bonchev–Trinajstić information content (AvgIpc) is 2.06. The molecule has 0 amide bonds. The zero-order valence-electron chi connectivity index (χ0n) is 7.19. The minimum atomic E-state index is 1.19. The van der Waals surface area contributed by atoms with E-state index < -0.39 is 0 Å². The Kier molecular flexibility index (Phi) is 2.69. The molecule has 1 aliphatic heterocycles. The molecule has 2 nitrogen and oxygen atoms in total. The monoisotopic (exact) mass is 143 g/mol. The summed E-state index contributed by atoms with van der Waals surface area (Å²) >= 11 is 0. The van der Waals surface area contributed by atoms with Gasteiger partial charge in [-0.05, 0) is 13.8 Å². The molecule has 0 aromatic carbocycles. The highest BCUT2D eigenvalue weighted by molar-refractivity contribution is 4.51. The first-order chi connectivity index (χ1) is 4.83. The maximum absolute atomic E-state index is 3.45. The highest BCUT2D eigenvalue weighted by Crippen LogP contribution is 2.08. The molecule has 1 heterocycles. The highest BCUT2D eigenvalue weighted by atomic mass is 15.4. The van der Waals surface area contributed by atoms with Gasteiger partial charge < -0.3 is 4.48 Å². The third-order valence-corrected chi connectivity index (χ3v) is 2.77. The molecule has 60 valence electrons. The fourth-order valence-electron chi connectivity index (χ4n) is 1.70. The van der Waals surface area contributed by atoms with Crippen molar-refractivity contribution in [1.82, 2.24) is 5.32 Å². The van der Waals surface area contributed by atoms with Gasteiger partial charge in [-0.15, -0.1) is 0 Å². The summed E-state index contributed by atoms with van der Waals surface area (Å²) in [6, 6.07) is 0. The molecule has 0 aromatic heterocycles. The van der Waals surface area contributed by atoms with Crippen molar-refractivity contribution in [2.75, 3.05) is 32.8 Å². The molecule has 2 heteroatoms. The maximum atomic E-state index is 3.45. The Labute approximate surface area is 63.8 Å². The Morgan fingerprint density at radius 1 is 1.30 bits per heavy atom. The SMILES string of the molecule is CC[N+]1(CC)CCCNC1. The van der Waals surface area contributed by atoms with E-state index in [2.05, 4.69) is 19.2 Å². The summed E-state index contributed by atoms with van der Waals surface area (Å²) in [7, 11) is 0. The van der Waals surface area contributed by atoms with E-state index in [1.165, 1.54) is 43.8 Å². The zero-order valence-corrected chi connectivity index (χ0v) is 7.19. The first-order valence-corrected chi connectivity index (χ1v) is 4.39. The summed E-state index contributed by atoms with van der Waals surface area (Å²) in [5.41, 5.74) is 0. The van der Waals surface area contributed by atoms with Gasteiger partial charge in [-0.2, -0.15) is 0 Å². The van der Waals surface area contributed by atoms with Crippen LogP contribution in [0.1, 0.15) is 20.3 Å². The van der Waals surface area contributed by atoms with E-state index in [4.69, 9.17) is 0 Å². The molecule has 0 spiro atoms. The molecule has 10 heavy (non-hydrogen) atoms. The summed E-state index contributed by atoms with van der Waals surface area (Å²) < 4.78 is 1.28. The van der Waals surface area contributed by atoms with E-state index in [-0.39, 0.29) is 0 Å². The summed E-state index contributed by atoms with van der Waals surface area (Å²) in [4.78, 5) is 0. The summed E-state index contributed by atoms with van der Waals surface area (Å²) in [6.07, 6.45) is 1.35. The van der Waals surface area contributed by atoms with Crippen LogP contribution in [-0.2, 0) is 0 Å². The van der Waals surface area contributed by atoms with Gasteiger partial charge in [0.25, 0.3) is 0 Å². The Bertz CT molecular complexity index is 89.4. The Balaban J connectivity index is 2.44. The first-order valence-electron chi connectivity index (χ1n) is 4.39. The second kappa shape index (κ2) is 3.35. The number of nitrogens with zero attached hydrogens (tertiary/aromatic N) is 1. The van der Waals surface area contributed by atoms with E-state index >= 15 is 0 Å². The minimum Gasteiger partial charge on any atom is -0.312 e. The van der Waals surface area contributed by atoms with E-state index in [0.717, 1.165) is 0 Å². The average molecular weight is 143 g/mol. The minimum absolute atomic E-state index is 1.19. The molecule has 0 aliphatic carbocycles. The predicted octanol–water partition coefficient (Wildman–Crippen LogP) is 0.794. The highest BCUT2D eigenvalue weighted by Gasteiger charge is 2.24. The van der Waals surface area contributed by atoms with Gasteiger partial charge in [-0.25, -0.2) is 0 Å². The van der Waals surface area contributed by atoms with E-state index in [9.17, 15) is 0 Å². The Morgan fingerprint density at radius 2 is 2.00 bits per heavy atom. The molecule has 1 aliphatic rings. The van der Waals surface area contributed by atoms with Gasteiger partial charge in [0.15, 0.2) is 0 Å². The van der Waals surface area contributed by atoms with Gasteiger partial charge in [0, 0.05) is 13.0 Å². The second-order valence-electron chi connectivity index (χ2n) is 3.21. The molecule has 0 unspecified atom stereocenters. The number of quaternary nitrogens is 1. The van der Waals surface area contributed by atoms with Crippen LogP contribution < -0.4 is 5.32 Å². The second-order valence-corrected chi connectivity index (χ2v) is 3.21. The van der Waals surface area contributed by atoms with Crippen LogP contribution in [0.3, 0.4) is 0 Å². The summed E-state index contributed by atoms with van der Waals surface area (Å²) in [5.74, 6) is 0. The molecular formula is C8H19N2+. The normalized spacial score (nSPS) is 24.6. The van der Waals surface area contributed by atoms with Crippen molar-refractivity contribution < 1.29 is 4.48 Å². The van der Waals surface area contributed by atoms with Crippen LogP contribution >= 0.6 is 0 Å². The van der Waals surface area contributed by atoms with Crippen LogP contribution in [0.15, 0.2) is 0 Å². The van der Waals surface area contributed by atoms with Crippen LogP contribution in [-0.4, -0.2) is 37.3 Å². The molecule has 1 N–H and O–H groups in total. The Morgan fingerprint density at radius 3 is 2.30 bits per heavy atom.